The molecule has 0 aromatic carbocycles. The summed E-state index contributed by atoms with van der Waals surface area (Å²) in [5.41, 5.74) is -3.51. The SMILES string of the molecule is O=P(O)(O)OP(=O)(O)OC(CC(Br)CBr)(CC(Br)CBr)C(O)(CC(Br)CBr)CC(Br)CBr. The summed E-state index contributed by atoms with van der Waals surface area (Å²) in [6.07, 6.45) is 0.215. The number of phosphoric ester groups is 1. The number of hydrogen-bond acceptors (Lipinski definition) is 5. The molecule has 0 aliphatic carbocycles. The molecule has 0 aliphatic heterocycles. The summed E-state index contributed by atoms with van der Waals surface area (Å²) in [5, 5.41) is 13.9. The lowest BCUT2D eigenvalue weighted by Gasteiger charge is -2.50. The van der Waals surface area contributed by atoms with Crippen LogP contribution in [0.5, 0.6) is 0 Å². The van der Waals surface area contributed by atoms with Crippen LogP contribution in [0.15, 0.2) is 0 Å². The van der Waals surface area contributed by atoms with Crippen molar-refractivity contribution in [3.05, 3.63) is 0 Å². The van der Waals surface area contributed by atoms with Gasteiger partial charge in [-0.05, 0) is 25.7 Å². The van der Waals surface area contributed by atoms with Crippen LogP contribution in [-0.2, 0) is 18.0 Å². The second kappa shape index (κ2) is 16.2. The Hall–Kier alpha value is 4.06. The average molecular weight is 1020 g/mol. The zero-order chi connectivity index (χ0) is 25.4. The van der Waals surface area contributed by atoms with Gasteiger partial charge in [0.2, 0.25) is 0 Å². The zero-order valence-corrected chi connectivity index (χ0v) is 30.8. The molecule has 0 bridgehead atoms. The van der Waals surface area contributed by atoms with Gasteiger partial charge in [0.25, 0.3) is 0 Å². The van der Waals surface area contributed by atoms with Gasteiger partial charge in [-0.15, -0.1) is 0 Å². The Morgan fingerprint density at radius 3 is 1.28 bits per heavy atom. The van der Waals surface area contributed by atoms with Crippen molar-refractivity contribution in [1.82, 2.24) is 0 Å². The van der Waals surface area contributed by atoms with Gasteiger partial charge in [0.1, 0.15) is 5.60 Å². The number of hydrogen-bond donors (Lipinski definition) is 4. The predicted molar refractivity (Wildman–Crippen MR) is 156 cm³/mol. The van der Waals surface area contributed by atoms with E-state index in [1.807, 2.05) is 0 Å². The van der Waals surface area contributed by atoms with Crippen molar-refractivity contribution in [3.63, 3.8) is 0 Å². The standard InChI is InChI=1S/C14H24Br8O8P2/c15-5-9(19)1-13(23,2-10(20)6-16)14(3-11(21)7-17,4-12(22)8-18)29-32(27,28)30-31(24,25)26/h9-12,23H,1-8H2,(H,27,28)(H2,24,25,26). The van der Waals surface area contributed by atoms with Gasteiger partial charge >= 0.3 is 15.6 Å². The molecule has 0 spiro atoms. The van der Waals surface area contributed by atoms with Crippen LogP contribution in [0.2, 0.25) is 0 Å². The van der Waals surface area contributed by atoms with Crippen LogP contribution in [0.1, 0.15) is 25.7 Å². The first-order valence-corrected chi connectivity index (χ1v) is 20.0. The fourth-order valence-electron chi connectivity index (χ4n) is 3.12. The molecule has 4 N–H and O–H groups in total. The molecule has 5 atom stereocenters. The van der Waals surface area contributed by atoms with Crippen molar-refractivity contribution in [1.29, 1.82) is 0 Å². The van der Waals surface area contributed by atoms with Gasteiger partial charge in [-0.25, -0.2) is 9.13 Å². The third kappa shape index (κ3) is 13.2. The minimum absolute atomic E-state index is 0.0168. The number of halogens is 8. The Morgan fingerprint density at radius 2 is 1.00 bits per heavy atom. The number of aliphatic hydroxyl groups is 1. The van der Waals surface area contributed by atoms with E-state index in [1.54, 1.807) is 0 Å². The van der Waals surface area contributed by atoms with Crippen LogP contribution in [0.4, 0.5) is 0 Å². The van der Waals surface area contributed by atoms with E-state index in [0.717, 1.165) is 0 Å². The fraction of sp³-hybridized carbons (Fsp3) is 1.00. The highest BCUT2D eigenvalue weighted by atomic mass is 79.9. The fourth-order valence-corrected chi connectivity index (χ4v) is 8.12. The van der Waals surface area contributed by atoms with Crippen molar-refractivity contribution in [2.24, 2.45) is 0 Å². The van der Waals surface area contributed by atoms with Crippen LogP contribution in [0, 0.1) is 0 Å². The lowest BCUT2D eigenvalue weighted by atomic mass is 9.71. The Bertz CT molecular complexity index is 632. The average Bonchev–Trinajstić information content (AvgIpc) is 2.64. The maximum Gasteiger partial charge on any atom is 0.481 e. The van der Waals surface area contributed by atoms with Gasteiger partial charge in [0.15, 0.2) is 0 Å². The normalized spacial score (nSPS) is 22.2. The summed E-state index contributed by atoms with van der Waals surface area (Å²) in [6.45, 7) is 0. The predicted octanol–water partition coefficient (Wildman–Crippen LogP) is 6.88. The second-order valence-corrected chi connectivity index (χ2v) is 17.5. The molecule has 0 rings (SSSR count). The Balaban J connectivity index is 6.83. The molecule has 0 aliphatic rings. The van der Waals surface area contributed by atoms with Crippen molar-refractivity contribution >= 4 is 143 Å². The highest BCUT2D eigenvalue weighted by Crippen LogP contribution is 2.62. The van der Waals surface area contributed by atoms with Crippen LogP contribution in [0.25, 0.3) is 0 Å². The van der Waals surface area contributed by atoms with Crippen LogP contribution < -0.4 is 0 Å². The van der Waals surface area contributed by atoms with Gasteiger partial charge in [0.05, 0.1) is 5.60 Å². The summed E-state index contributed by atoms with van der Waals surface area (Å²) < 4.78 is 33.8. The van der Waals surface area contributed by atoms with Gasteiger partial charge in [0, 0.05) is 40.6 Å². The van der Waals surface area contributed by atoms with Gasteiger partial charge < -0.3 is 19.8 Å². The molecule has 18 heteroatoms. The number of alkyl halides is 8. The highest BCUT2D eigenvalue weighted by Gasteiger charge is 2.57. The zero-order valence-electron chi connectivity index (χ0n) is 16.3. The van der Waals surface area contributed by atoms with Gasteiger partial charge in [-0.3, -0.25) is 4.52 Å². The minimum Gasteiger partial charge on any atom is -0.387 e. The molecular weight excluding hydrogens is 997 g/mol. The largest absolute Gasteiger partial charge is 0.481 e. The molecule has 0 saturated carbocycles. The molecule has 194 valence electrons. The van der Waals surface area contributed by atoms with E-state index in [-0.39, 0.29) is 45.0 Å². The van der Waals surface area contributed by atoms with Crippen LogP contribution in [-0.4, -0.2) is 71.6 Å². The lowest BCUT2D eigenvalue weighted by Crippen LogP contribution is -2.60. The van der Waals surface area contributed by atoms with E-state index in [9.17, 15) is 19.1 Å². The lowest BCUT2D eigenvalue weighted by molar-refractivity contribution is -0.157. The molecule has 0 saturated heterocycles. The molecule has 8 nitrogen and oxygen atoms in total. The van der Waals surface area contributed by atoms with Gasteiger partial charge in [-0.1, -0.05) is 127 Å². The molecular formula is C14H24Br8O8P2. The minimum atomic E-state index is -5.37. The highest BCUT2D eigenvalue weighted by molar-refractivity contribution is 9.13. The monoisotopic (exact) mass is 1010 g/mol. The third-order valence-electron chi connectivity index (χ3n) is 4.24. The van der Waals surface area contributed by atoms with Crippen molar-refractivity contribution in [3.8, 4) is 0 Å². The van der Waals surface area contributed by atoms with E-state index in [2.05, 4.69) is 132 Å². The van der Waals surface area contributed by atoms with Crippen LogP contribution in [0.3, 0.4) is 0 Å². The Kier molecular flexibility index (Phi) is 18.3. The van der Waals surface area contributed by atoms with E-state index in [0.29, 0.717) is 21.3 Å². The Labute approximate surface area is 255 Å². The van der Waals surface area contributed by atoms with E-state index < -0.39 is 26.8 Å². The van der Waals surface area contributed by atoms with Crippen molar-refractivity contribution in [2.45, 2.75) is 56.2 Å². The summed E-state index contributed by atoms with van der Waals surface area (Å²) in [5.74, 6) is 0. The molecule has 0 radical (unpaired) electrons. The van der Waals surface area contributed by atoms with E-state index in [1.165, 1.54) is 0 Å². The second-order valence-electron chi connectivity index (χ2n) is 6.98. The molecule has 5 unspecified atom stereocenters. The topological polar surface area (TPSA) is 134 Å². The summed E-state index contributed by atoms with van der Waals surface area (Å²) in [4.78, 5) is 27.4. The molecule has 32 heavy (non-hydrogen) atoms. The van der Waals surface area contributed by atoms with Crippen LogP contribution >= 0.6 is 143 Å². The smallest absolute Gasteiger partial charge is 0.387 e. The molecule has 0 amide bonds. The van der Waals surface area contributed by atoms with Crippen molar-refractivity contribution < 1.29 is 37.8 Å². The number of rotatable bonds is 17. The molecule has 0 aromatic rings. The first-order chi connectivity index (χ1) is 14.5. The number of phosphoric acid groups is 2. The van der Waals surface area contributed by atoms with Crippen molar-refractivity contribution in [2.75, 3.05) is 21.3 Å². The first-order valence-electron chi connectivity index (χ1n) is 8.81. The summed E-state index contributed by atoms with van der Waals surface area (Å²) >= 11 is 27.4. The summed E-state index contributed by atoms with van der Waals surface area (Å²) in [6, 6.07) is 0. The maximum absolute atomic E-state index is 12.8. The third-order valence-corrected chi connectivity index (χ3v) is 15.7. The van der Waals surface area contributed by atoms with E-state index >= 15 is 0 Å². The first kappa shape index (κ1) is 36.1. The molecule has 0 heterocycles. The molecule has 0 aromatic heterocycles. The molecule has 0 fully saturated rings. The summed E-state index contributed by atoms with van der Waals surface area (Å²) in [7, 11) is -10.7. The maximum atomic E-state index is 12.8. The van der Waals surface area contributed by atoms with E-state index in [4.69, 9.17) is 14.3 Å². The quantitative estimate of drug-likeness (QED) is 0.0917. The Morgan fingerprint density at radius 1 is 0.688 bits per heavy atom. The van der Waals surface area contributed by atoms with Gasteiger partial charge in [-0.2, -0.15) is 4.31 Å².